The van der Waals surface area contributed by atoms with Gasteiger partial charge in [0.15, 0.2) is 5.78 Å². The quantitative estimate of drug-likeness (QED) is 0.333. The predicted molar refractivity (Wildman–Crippen MR) is 156 cm³/mol. The van der Waals surface area contributed by atoms with E-state index in [9.17, 15) is 26.4 Å². The highest BCUT2D eigenvalue weighted by Gasteiger charge is 2.35. The number of hydrogen-bond donors (Lipinski definition) is 1. The molecule has 1 aliphatic rings. The molecule has 0 saturated heterocycles. The molecule has 1 aromatic heterocycles. The number of carbonyl (C=O) groups excluding carboxylic acids is 2. The van der Waals surface area contributed by atoms with Crippen LogP contribution in [0.1, 0.15) is 48.0 Å². The highest BCUT2D eigenvalue weighted by Crippen LogP contribution is 2.36. The second-order valence-corrected chi connectivity index (χ2v) is 14.7. The molecule has 0 spiro atoms. The maximum atomic E-state index is 14.0. The monoisotopic (exact) mass is 613 g/mol. The summed E-state index contributed by atoms with van der Waals surface area (Å²) < 4.78 is 53.1. The number of nitrogens with two attached hydrogens (primary N) is 1. The van der Waals surface area contributed by atoms with Gasteiger partial charge < -0.3 is 4.90 Å². The first-order valence-corrected chi connectivity index (χ1v) is 16.1. The molecule has 41 heavy (non-hydrogen) atoms. The summed E-state index contributed by atoms with van der Waals surface area (Å²) in [5, 5.41) is 5.71. The third kappa shape index (κ3) is 5.19. The van der Waals surface area contributed by atoms with Crippen molar-refractivity contribution in [1.29, 1.82) is 0 Å². The lowest BCUT2D eigenvalue weighted by Crippen LogP contribution is -2.43. The zero-order valence-electron chi connectivity index (χ0n) is 22.6. The molecule has 1 amide bonds. The Morgan fingerprint density at radius 3 is 2.17 bits per heavy atom. The Balaban J connectivity index is 1.69. The number of fused-ring (bicyclic) bond motifs is 3. The summed E-state index contributed by atoms with van der Waals surface area (Å²) in [5.41, 5.74) is 1.20. The van der Waals surface area contributed by atoms with E-state index in [0.717, 1.165) is 11.6 Å². The van der Waals surface area contributed by atoms with E-state index in [1.807, 2.05) is 20.8 Å². The number of primary sulfonamides is 1. The summed E-state index contributed by atoms with van der Waals surface area (Å²) in [6, 6.07) is 16.5. The van der Waals surface area contributed by atoms with Gasteiger partial charge in [0.25, 0.3) is 10.0 Å². The van der Waals surface area contributed by atoms with E-state index in [-0.39, 0.29) is 38.4 Å². The first-order valence-electron chi connectivity index (χ1n) is 12.7. The summed E-state index contributed by atoms with van der Waals surface area (Å²) in [6.07, 6.45) is 0.388. The minimum absolute atomic E-state index is 0.0601. The second-order valence-electron chi connectivity index (χ2n) is 11.0. The normalized spacial score (nSPS) is 14.2. The van der Waals surface area contributed by atoms with Crippen LogP contribution in [0.4, 0.5) is 0 Å². The number of benzene rings is 3. The highest BCUT2D eigenvalue weighted by molar-refractivity contribution is 7.90. The molecule has 4 aromatic rings. The number of carbonyl (C=O) groups is 2. The fraction of sp³-hybridized carbons (Fsp3) is 0.241. The summed E-state index contributed by atoms with van der Waals surface area (Å²) in [5.74, 6) is -0.581. The largest absolute Gasteiger partial charge is 0.336 e. The van der Waals surface area contributed by atoms with Gasteiger partial charge in [-0.05, 0) is 60.5 Å². The SMILES string of the molecule is CC(C)(C)C(=O)N1CCc2c(n(S(=O)(=O)c3ccccc3)c3ccc(C(=O)c4ccc(Cl)c(S(N)(=O)=O)c4)cc23)C1. The van der Waals surface area contributed by atoms with Gasteiger partial charge in [-0.3, -0.25) is 9.59 Å². The molecule has 214 valence electrons. The van der Waals surface area contributed by atoms with Crippen molar-refractivity contribution in [3.05, 3.63) is 94.1 Å². The van der Waals surface area contributed by atoms with Crippen LogP contribution in [0.5, 0.6) is 0 Å². The summed E-state index contributed by atoms with van der Waals surface area (Å²) >= 11 is 5.99. The lowest BCUT2D eigenvalue weighted by molar-refractivity contribution is -0.140. The van der Waals surface area contributed by atoms with Crippen LogP contribution in [0.2, 0.25) is 5.02 Å². The van der Waals surface area contributed by atoms with Gasteiger partial charge in [0, 0.05) is 28.5 Å². The number of nitrogens with zero attached hydrogens (tertiary/aromatic N) is 2. The Labute approximate surface area is 243 Å². The minimum Gasteiger partial charge on any atom is -0.336 e. The molecule has 5 rings (SSSR count). The Bertz CT molecular complexity index is 1940. The lowest BCUT2D eigenvalue weighted by Gasteiger charge is -2.33. The molecule has 0 fully saturated rings. The van der Waals surface area contributed by atoms with Crippen LogP contribution in [0.25, 0.3) is 10.9 Å². The summed E-state index contributed by atoms with van der Waals surface area (Å²) in [6.45, 7) is 5.93. The Morgan fingerprint density at radius 1 is 0.902 bits per heavy atom. The standard InChI is InChI=1S/C29H28ClN3O6S2/c1-29(2,3)28(35)32-14-13-21-22-15-18(27(34)19-9-11-23(30)26(16-19)40(31,36)37)10-12-24(22)33(25(21)17-32)41(38,39)20-7-5-4-6-8-20/h4-12,15-16H,13-14,17H2,1-3H3,(H2,31,36,37). The van der Waals surface area contributed by atoms with E-state index < -0.39 is 31.2 Å². The second kappa shape index (κ2) is 10.1. The van der Waals surface area contributed by atoms with Gasteiger partial charge in [0.2, 0.25) is 15.9 Å². The van der Waals surface area contributed by atoms with Crippen LogP contribution in [0, 0.1) is 5.41 Å². The van der Waals surface area contributed by atoms with Crippen molar-refractivity contribution in [3.8, 4) is 0 Å². The molecule has 0 atom stereocenters. The molecule has 3 aromatic carbocycles. The van der Waals surface area contributed by atoms with Crippen molar-refractivity contribution in [2.45, 2.75) is 43.5 Å². The van der Waals surface area contributed by atoms with Gasteiger partial charge in [-0.15, -0.1) is 0 Å². The van der Waals surface area contributed by atoms with Gasteiger partial charge in [-0.1, -0.05) is 50.6 Å². The molecule has 0 aliphatic carbocycles. The fourth-order valence-electron chi connectivity index (χ4n) is 5.11. The first-order chi connectivity index (χ1) is 19.1. The first kappa shape index (κ1) is 29.0. The average molecular weight is 614 g/mol. The van der Waals surface area contributed by atoms with E-state index in [4.69, 9.17) is 16.7 Å². The number of aromatic nitrogens is 1. The van der Waals surface area contributed by atoms with Gasteiger partial charge in [-0.25, -0.2) is 25.9 Å². The number of rotatable bonds is 5. The van der Waals surface area contributed by atoms with E-state index in [2.05, 4.69) is 0 Å². The molecule has 9 nitrogen and oxygen atoms in total. The van der Waals surface area contributed by atoms with Crippen LogP contribution in [-0.4, -0.2) is 43.9 Å². The van der Waals surface area contributed by atoms with Crippen molar-refractivity contribution in [2.24, 2.45) is 10.6 Å². The Morgan fingerprint density at radius 2 is 1.54 bits per heavy atom. The number of ketones is 1. The molecule has 0 saturated carbocycles. The van der Waals surface area contributed by atoms with Crippen molar-refractivity contribution in [2.75, 3.05) is 6.54 Å². The Hall–Kier alpha value is -3.51. The molecule has 1 aliphatic heterocycles. The lowest BCUT2D eigenvalue weighted by atomic mass is 9.93. The van der Waals surface area contributed by atoms with Crippen LogP contribution in [-0.2, 0) is 37.8 Å². The number of sulfonamides is 1. The van der Waals surface area contributed by atoms with Crippen LogP contribution < -0.4 is 5.14 Å². The van der Waals surface area contributed by atoms with E-state index in [1.54, 1.807) is 35.2 Å². The smallest absolute Gasteiger partial charge is 0.268 e. The molecular formula is C29H28ClN3O6S2. The molecule has 12 heteroatoms. The molecule has 2 heterocycles. The van der Waals surface area contributed by atoms with Crippen LogP contribution >= 0.6 is 11.6 Å². The minimum atomic E-state index is -4.17. The third-order valence-electron chi connectivity index (χ3n) is 7.08. The van der Waals surface area contributed by atoms with Gasteiger partial charge >= 0.3 is 0 Å². The number of hydrogen-bond acceptors (Lipinski definition) is 6. The topological polar surface area (TPSA) is 137 Å². The molecule has 2 N–H and O–H groups in total. The number of amides is 1. The zero-order chi connectivity index (χ0) is 29.9. The highest BCUT2D eigenvalue weighted by atomic mass is 35.5. The molecule has 0 unspecified atom stereocenters. The van der Waals surface area contributed by atoms with Gasteiger partial charge in [0.1, 0.15) is 4.90 Å². The number of halogens is 1. The van der Waals surface area contributed by atoms with Gasteiger partial charge in [-0.2, -0.15) is 0 Å². The summed E-state index contributed by atoms with van der Waals surface area (Å²) in [4.78, 5) is 28.0. The Kier molecular flexibility index (Phi) is 7.14. The van der Waals surface area contributed by atoms with Crippen LogP contribution in [0.3, 0.4) is 0 Å². The maximum Gasteiger partial charge on any atom is 0.268 e. The van der Waals surface area contributed by atoms with Crippen molar-refractivity contribution in [3.63, 3.8) is 0 Å². The summed E-state index contributed by atoms with van der Waals surface area (Å²) in [7, 11) is -8.23. The van der Waals surface area contributed by atoms with Crippen molar-refractivity contribution < 1.29 is 26.4 Å². The zero-order valence-corrected chi connectivity index (χ0v) is 25.0. The molecule has 0 bridgehead atoms. The third-order valence-corrected chi connectivity index (χ3v) is 10.2. The van der Waals surface area contributed by atoms with E-state index in [1.165, 1.54) is 34.3 Å². The average Bonchev–Trinajstić information content (AvgIpc) is 3.25. The van der Waals surface area contributed by atoms with Crippen molar-refractivity contribution >= 4 is 54.2 Å². The van der Waals surface area contributed by atoms with E-state index in [0.29, 0.717) is 29.6 Å². The fourth-order valence-corrected chi connectivity index (χ4v) is 7.77. The molecular weight excluding hydrogens is 586 g/mol. The molecule has 0 radical (unpaired) electrons. The predicted octanol–water partition coefficient (Wildman–Crippen LogP) is 4.34. The van der Waals surface area contributed by atoms with Crippen LogP contribution in [0.15, 0.2) is 76.5 Å². The maximum absolute atomic E-state index is 14.0. The van der Waals surface area contributed by atoms with Gasteiger partial charge in [0.05, 0.1) is 27.7 Å². The van der Waals surface area contributed by atoms with E-state index >= 15 is 0 Å². The van der Waals surface area contributed by atoms with Crippen molar-refractivity contribution in [1.82, 2.24) is 8.87 Å².